The lowest BCUT2D eigenvalue weighted by Gasteiger charge is -2.27. The first kappa shape index (κ1) is 10.9. The van der Waals surface area contributed by atoms with Crippen LogP contribution in [-0.4, -0.2) is 30.1 Å². The van der Waals surface area contributed by atoms with Gasteiger partial charge < -0.3 is 5.73 Å². The second-order valence-corrected chi connectivity index (χ2v) is 3.57. The molecule has 0 heterocycles. The van der Waals surface area contributed by atoms with E-state index in [1.807, 2.05) is 0 Å². The number of hydrogen-bond donors (Lipinski definition) is 1. The van der Waals surface area contributed by atoms with Crippen LogP contribution >= 0.6 is 0 Å². The van der Waals surface area contributed by atoms with Gasteiger partial charge in [0.15, 0.2) is 0 Å². The third-order valence-electron chi connectivity index (χ3n) is 1.76. The first-order valence-electron chi connectivity index (χ1n) is 4.57. The first-order chi connectivity index (χ1) is 5.07. The zero-order valence-corrected chi connectivity index (χ0v) is 8.30. The summed E-state index contributed by atoms with van der Waals surface area (Å²) in [4.78, 5) is 2.42. The van der Waals surface area contributed by atoms with E-state index in [1.165, 1.54) is 13.0 Å². The zero-order chi connectivity index (χ0) is 8.85. The molecule has 1 atom stereocenters. The van der Waals surface area contributed by atoms with Crippen molar-refractivity contribution in [2.24, 2.45) is 5.73 Å². The van der Waals surface area contributed by atoms with Crippen molar-refractivity contribution in [1.29, 1.82) is 0 Å². The predicted molar refractivity (Wildman–Crippen MR) is 50.6 cm³/mol. The average molecular weight is 158 g/mol. The van der Waals surface area contributed by atoms with Crippen molar-refractivity contribution in [3.8, 4) is 0 Å². The summed E-state index contributed by atoms with van der Waals surface area (Å²) in [6.07, 6.45) is 1.21. The molecular formula is C9H22N2. The summed E-state index contributed by atoms with van der Waals surface area (Å²) in [6, 6.07) is 0.921. The molecule has 0 fully saturated rings. The Morgan fingerprint density at radius 2 is 1.82 bits per heavy atom. The van der Waals surface area contributed by atoms with Crippen LogP contribution < -0.4 is 5.73 Å². The van der Waals surface area contributed by atoms with Crippen LogP contribution in [0.15, 0.2) is 0 Å². The second kappa shape index (κ2) is 5.56. The molecule has 0 rings (SSSR count). The Kier molecular flexibility index (Phi) is 5.51. The lowest BCUT2D eigenvalue weighted by molar-refractivity contribution is 0.212. The van der Waals surface area contributed by atoms with E-state index in [2.05, 4.69) is 32.6 Å². The van der Waals surface area contributed by atoms with Gasteiger partial charge in [0.2, 0.25) is 0 Å². The SMILES string of the molecule is CCCN(CC(C)N)C(C)C. The molecule has 2 nitrogen and oxygen atoms in total. The van der Waals surface area contributed by atoms with E-state index in [9.17, 15) is 0 Å². The second-order valence-electron chi connectivity index (χ2n) is 3.57. The molecule has 0 aliphatic rings. The summed E-state index contributed by atoms with van der Waals surface area (Å²) < 4.78 is 0. The third-order valence-corrected chi connectivity index (χ3v) is 1.76. The lowest BCUT2D eigenvalue weighted by atomic mass is 10.2. The van der Waals surface area contributed by atoms with Crippen molar-refractivity contribution in [3.63, 3.8) is 0 Å². The minimum absolute atomic E-state index is 0.295. The van der Waals surface area contributed by atoms with E-state index in [-0.39, 0.29) is 0 Å². The Labute approximate surface area is 70.8 Å². The standard InChI is InChI=1S/C9H22N2/c1-5-6-11(8(2)3)7-9(4)10/h8-9H,5-7,10H2,1-4H3. The van der Waals surface area contributed by atoms with Gasteiger partial charge in [0.1, 0.15) is 0 Å². The smallest absolute Gasteiger partial charge is 0.0139 e. The Balaban J connectivity index is 3.69. The van der Waals surface area contributed by atoms with Crippen LogP contribution in [0.5, 0.6) is 0 Å². The van der Waals surface area contributed by atoms with Crippen LogP contribution in [0.25, 0.3) is 0 Å². The molecule has 2 N–H and O–H groups in total. The molecule has 1 unspecified atom stereocenters. The zero-order valence-electron chi connectivity index (χ0n) is 8.30. The molecule has 68 valence electrons. The summed E-state index contributed by atoms with van der Waals surface area (Å²) in [5, 5.41) is 0. The molecule has 0 aliphatic heterocycles. The van der Waals surface area contributed by atoms with Crippen molar-refractivity contribution < 1.29 is 0 Å². The Morgan fingerprint density at radius 3 is 2.09 bits per heavy atom. The Bertz CT molecular complexity index is 89.6. The predicted octanol–water partition coefficient (Wildman–Crippen LogP) is 1.45. The monoisotopic (exact) mass is 158 g/mol. The molecule has 0 amide bonds. The fourth-order valence-electron chi connectivity index (χ4n) is 1.22. The van der Waals surface area contributed by atoms with Gasteiger partial charge in [-0.15, -0.1) is 0 Å². The van der Waals surface area contributed by atoms with Gasteiger partial charge in [0.05, 0.1) is 0 Å². The maximum absolute atomic E-state index is 5.72. The average Bonchev–Trinajstić information content (AvgIpc) is 1.86. The normalized spacial score (nSPS) is 14.5. The summed E-state index contributed by atoms with van der Waals surface area (Å²) in [7, 11) is 0. The van der Waals surface area contributed by atoms with Crippen LogP contribution in [0.1, 0.15) is 34.1 Å². The molecule has 0 aromatic carbocycles. The van der Waals surface area contributed by atoms with Crippen molar-refractivity contribution in [1.82, 2.24) is 4.90 Å². The van der Waals surface area contributed by atoms with Crippen LogP contribution in [0.2, 0.25) is 0 Å². The van der Waals surface area contributed by atoms with E-state index in [0.717, 1.165) is 6.54 Å². The summed E-state index contributed by atoms with van der Waals surface area (Å²) in [5.74, 6) is 0. The quantitative estimate of drug-likeness (QED) is 0.656. The van der Waals surface area contributed by atoms with E-state index in [1.54, 1.807) is 0 Å². The largest absolute Gasteiger partial charge is 0.327 e. The molecule has 11 heavy (non-hydrogen) atoms. The van der Waals surface area contributed by atoms with Gasteiger partial charge in [0, 0.05) is 18.6 Å². The minimum Gasteiger partial charge on any atom is -0.327 e. The fourth-order valence-corrected chi connectivity index (χ4v) is 1.22. The van der Waals surface area contributed by atoms with Gasteiger partial charge in [0.25, 0.3) is 0 Å². The van der Waals surface area contributed by atoms with Crippen LogP contribution in [-0.2, 0) is 0 Å². The maximum atomic E-state index is 5.72. The van der Waals surface area contributed by atoms with E-state index in [4.69, 9.17) is 5.73 Å². The molecular weight excluding hydrogens is 136 g/mol. The summed E-state index contributed by atoms with van der Waals surface area (Å²) in [5.41, 5.74) is 5.72. The van der Waals surface area contributed by atoms with Crippen LogP contribution in [0.4, 0.5) is 0 Å². The number of rotatable bonds is 5. The molecule has 0 spiro atoms. The Hall–Kier alpha value is -0.0800. The van der Waals surface area contributed by atoms with Gasteiger partial charge in [-0.3, -0.25) is 4.90 Å². The maximum Gasteiger partial charge on any atom is 0.0139 e. The first-order valence-corrected chi connectivity index (χ1v) is 4.57. The molecule has 0 bridgehead atoms. The topological polar surface area (TPSA) is 29.3 Å². The summed E-state index contributed by atoms with van der Waals surface area (Å²) >= 11 is 0. The highest BCUT2D eigenvalue weighted by atomic mass is 15.2. The van der Waals surface area contributed by atoms with Crippen molar-refractivity contribution >= 4 is 0 Å². The van der Waals surface area contributed by atoms with Gasteiger partial charge in [-0.25, -0.2) is 0 Å². The van der Waals surface area contributed by atoms with Crippen molar-refractivity contribution in [2.75, 3.05) is 13.1 Å². The highest BCUT2D eigenvalue weighted by molar-refractivity contribution is 4.66. The number of hydrogen-bond acceptors (Lipinski definition) is 2. The fraction of sp³-hybridized carbons (Fsp3) is 1.00. The lowest BCUT2D eigenvalue weighted by Crippen LogP contribution is -2.40. The molecule has 0 saturated carbocycles. The number of nitrogens with two attached hydrogens (primary N) is 1. The summed E-state index contributed by atoms with van der Waals surface area (Å²) in [6.45, 7) is 10.9. The van der Waals surface area contributed by atoms with Crippen molar-refractivity contribution in [2.45, 2.75) is 46.2 Å². The van der Waals surface area contributed by atoms with Gasteiger partial charge in [-0.1, -0.05) is 6.92 Å². The van der Waals surface area contributed by atoms with Gasteiger partial charge >= 0.3 is 0 Å². The van der Waals surface area contributed by atoms with Crippen LogP contribution in [0, 0.1) is 0 Å². The van der Waals surface area contributed by atoms with Gasteiger partial charge in [-0.2, -0.15) is 0 Å². The molecule has 2 heteroatoms. The molecule has 0 radical (unpaired) electrons. The minimum atomic E-state index is 0.295. The van der Waals surface area contributed by atoms with Gasteiger partial charge in [-0.05, 0) is 33.7 Å². The highest BCUT2D eigenvalue weighted by Crippen LogP contribution is 1.99. The van der Waals surface area contributed by atoms with E-state index < -0.39 is 0 Å². The Morgan fingerprint density at radius 1 is 1.27 bits per heavy atom. The molecule has 0 aromatic rings. The van der Waals surface area contributed by atoms with E-state index in [0.29, 0.717) is 12.1 Å². The van der Waals surface area contributed by atoms with E-state index >= 15 is 0 Å². The molecule has 0 aromatic heterocycles. The molecule has 0 saturated heterocycles. The molecule has 0 aliphatic carbocycles. The highest BCUT2D eigenvalue weighted by Gasteiger charge is 2.09. The number of nitrogens with zero attached hydrogens (tertiary/aromatic N) is 1. The van der Waals surface area contributed by atoms with Crippen LogP contribution in [0.3, 0.4) is 0 Å². The van der Waals surface area contributed by atoms with Crippen molar-refractivity contribution in [3.05, 3.63) is 0 Å². The third kappa shape index (κ3) is 5.22.